The molecule has 0 fully saturated rings. The average Bonchev–Trinajstić information content (AvgIpc) is 2.71. The third kappa shape index (κ3) is 9.03. The molecule has 0 atom stereocenters. The highest BCUT2D eigenvalue weighted by Crippen LogP contribution is 2.11. The van der Waals surface area contributed by atoms with Crippen LogP contribution < -0.4 is 16.4 Å². The molecule has 3 aromatic rings. The van der Waals surface area contributed by atoms with Gasteiger partial charge in [-0.3, -0.25) is 0 Å². The van der Waals surface area contributed by atoms with Crippen LogP contribution >= 0.6 is 12.6 Å². The molecule has 0 aliphatic carbocycles. The number of aromatic carboxylic acids is 2. The normalized spacial score (nSPS) is 9.30. The second-order valence-electron chi connectivity index (χ2n) is 6.27. The molecule has 30 heavy (non-hydrogen) atoms. The van der Waals surface area contributed by atoms with Crippen molar-refractivity contribution in [3.63, 3.8) is 0 Å². The number of carbonyl (C=O) groups is 2. The summed E-state index contributed by atoms with van der Waals surface area (Å²) >= 11 is 4.08. The maximum atomic E-state index is 10.5. The second-order valence-corrected chi connectivity index (χ2v) is 6.78. The van der Waals surface area contributed by atoms with Crippen molar-refractivity contribution in [1.29, 1.82) is 0 Å². The van der Waals surface area contributed by atoms with Gasteiger partial charge < -0.3 is 26.6 Å². The van der Waals surface area contributed by atoms with Crippen LogP contribution in [0.2, 0.25) is 0 Å². The molecule has 0 aliphatic heterocycles. The van der Waals surface area contributed by atoms with E-state index in [2.05, 4.69) is 12.6 Å². The molecule has 0 amide bonds. The first-order chi connectivity index (χ1) is 14.1. The summed E-state index contributed by atoms with van der Waals surface area (Å²) < 4.78 is 0. The number of nitrogens with two attached hydrogens (primary N) is 2. The number of anilines is 3. The van der Waals surface area contributed by atoms with Crippen LogP contribution in [0.1, 0.15) is 20.7 Å². The van der Waals surface area contributed by atoms with Crippen molar-refractivity contribution >= 4 is 41.6 Å². The molecule has 0 aromatic heterocycles. The maximum absolute atomic E-state index is 10.5. The van der Waals surface area contributed by atoms with Gasteiger partial charge in [-0.15, -0.1) is 12.6 Å². The first kappa shape index (κ1) is 24.4. The zero-order valence-electron chi connectivity index (χ0n) is 16.7. The van der Waals surface area contributed by atoms with E-state index < -0.39 is 11.9 Å². The fourth-order valence-corrected chi connectivity index (χ4v) is 2.15. The lowest BCUT2D eigenvalue weighted by Gasteiger charge is -2.11. The van der Waals surface area contributed by atoms with Crippen LogP contribution in [0, 0.1) is 0 Å². The molecule has 0 unspecified atom stereocenters. The molecule has 0 saturated heterocycles. The highest BCUT2D eigenvalue weighted by molar-refractivity contribution is 7.80. The van der Waals surface area contributed by atoms with E-state index in [9.17, 15) is 9.59 Å². The predicted octanol–water partition coefficient (Wildman–Crippen LogP) is 3.98. The van der Waals surface area contributed by atoms with E-state index >= 15 is 0 Å². The number of carboxylic acids is 2. The van der Waals surface area contributed by atoms with Gasteiger partial charge >= 0.3 is 11.9 Å². The number of hydrogen-bond acceptors (Lipinski definition) is 6. The van der Waals surface area contributed by atoms with Crippen LogP contribution in [0.5, 0.6) is 0 Å². The molecule has 158 valence electrons. The first-order valence-electron chi connectivity index (χ1n) is 8.74. The Labute approximate surface area is 181 Å². The lowest BCUT2D eigenvalue weighted by molar-refractivity contribution is 0.0686. The topological polar surface area (TPSA) is 130 Å². The van der Waals surface area contributed by atoms with Crippen LogP contribution in [0.15, 0.2) is 77.7 Å². The molecule has 0 aliphatic rings. The van der Waals surface area contributed by atoms with Gasteiger partial charge in [0.2, 0.25) is 0 Å². The number of nitrogen functional groups attached to an aromatic ring is 2. The van der Waals surface area contributed by atoms with Gasteiger partial charge in [0.25, 0.3) is 0 Å². The summed E-state index contributed by atoms with van der Waals surface area (Å²) in [7, 11) is 3.82. The minimum Gasteiger partial charge on any atom is -0.478 e. The van der Waals surface area contributed by atoms with Gasteiger partial charge in [0.1, 0.15) is 0 Å². The van der Waals surface area contributed by atoms with Crippen molar-refractivity contribution in [2.75, 3.05) is 30.5 Å². The van der Waals surface area contributed by atoms with E-state index in [1.165, 1.54) is 12.1 Å². The number of hydrogen-bond donors (Lipinski definition) is 5. The third-order valence-corrected chi connectivity index (χ3v) is 3.98. The molecule has 0 heterocycles. The van der Waals surface area contributed by atoms with Crippen molar-refractivity contribution in [3.8, 4) is 0 Å². The second kappa shape index (κ2) is 12.0. The quantitative estimate of drug-likeness (QED) is 0.316. The van der Waals surface area contributed by atoms with Gasteiger partial charge in [0, 0.05) is 36.1 Å². The first-order valence-corrected chi connectivity index (χ1v) is 9.19. The smallest absolute Gasteiger partial charge is 0.335 e. The minimum absolute atomic E-state index is 0.259. The fraction of sp³-hybridized carbons (Fsp3) is 0.0909. The number of nitrogens with zero attached hydrogens (tertiary/aromatic N) is 1. The standard InChI is InChI=1S/C9H11NO2.C7H7NO2.C6H7NS/c1-10(2)8-5-3-7(4-6-8)9(11)12;8-6-3-1-5(2-4-6)7(9)10;7-5-1-3-6(8)4-2-5/h3-6H,1-2H3,(H,11,12);1-4H,8H2,(H,9,10);1-4,8H,7H2. The lowest BCUT2D eigenvalue weighted by Crippen LogP contribution is -2.08. The van der Waals surface area contributed by atoms with E-state index in [4.69, 9.17) is 21.7 Å². The van der Waals surface area contributed by atoms with Crippen LogP contribution in [0.25, 0.3) is 0 Å². The molecule has 3 rings (SSSR count). The molecule has 3 aromatic carbocycles. The van der Waals surface area contributed by atoms with Crippen molar-refractivity contribution in [2.45, 2.75) is 4.90 Å². The van der Waals surface area contributed by atoms with Gasteiger partial charge in [-0.25, -0.2) is 9.59 Å². The SMILES string of the molecule is CN(C)c1ccc(C(=O)O)cc1.Nc1ccc(C(=O)O)cc1.Nc1ccc(S)cc1. The summed E-state index contributed by atoms with van der Waals surface area (Å²) in [6.07, 6.45) is 0. The monoisotopic (exact) mass is 427 g/mol. The van der Waals surface area contributed by atoms with Gasteiger partial charge in [0.15, 0.2) is 0 Å². The molecule has 6 N–H and O–H groups in total. The Morgan fingerprint density at radius 1 is 0.700 bits per heavy atom. The van der Waals surface area contributed by atoms with Crippen LogP contribution in [0.4, 0.5) is 17.1 Å². The molecule has 0 spiro atoms. The number of thiol groups is 1. The Hall–Kier alpha value is -3.65. The van der Waals surface area contributed by atoms with Gasteiger partial charge in [-0.05, 0) is 72.8 Å². The Bertz CT molecular complexity index is 921. The fourth-order valence-electron chi connectivity index (χ4n) is 2.00. The van der Waals surface area contributed by atoms with Crippen molar-refractivity contribution < 1.29 is 19.8 Å². The zero-order chi connectivity index (χ0) is 22.7. The van der Waals surface area contributed by atoms with Crippen LogP contribution in [0.3, 0.4) is 0 Å². The summed E-state index contributed by atoms with van der Waals surface area (Å²) in [4.78, 5) is 23.6. The van der Waals surface area contributed by atoms with E-state index in [1.807, 2.05) is 43.3 Å². The Morgan fingerprint density at radius 2 is 1.03 bits per heavy atom. The molecule has 0 saturated carbocycles. The van der Waals surface area contributed by atoms with E-state index in [1.54, 1.807) is 36.4 Å². The van der Waals surface area contributed by atoms with Gasteiger partial charge in [-0.2, -0.15) is 0 Å². The lowest BCUT2D eigenvalue weighted by atomic mass is 10.2. The molecular formula is C22H25N3O4S. The maximum Gasteiger partial charge on any atom is 0.335 e. The zero-order valence-corrected chi connectivity index (χ0v) is 17.6. The van der Waals surface area contributed by atoms with Crippen LogP contribution in [-0.2, 0) is 0 Å². The number of rotatable bonds is 3. The molecular weight excluding hydrogens is 402 g/mol. The Morgan fingerprint density at radius 3 is 1.33 bits per heavy atom. The summed E-state index contributed by atoms with van der Waals surface area (Å²) in [6.45, 7) is 0. The number of carboxylic acid groups (broad SMARTS) is 2. The summed E-state index contributed by atoms with van der Waals surface area (Å²) in [5.41, 5.74) is 13.7. The average molecular weight is 428 g/mol. The Balaban J connectivity index is 0.000000230. The van der Waals surface area contributed by atoms with E-state index in [0.717, 1.165) is 16.3 Å². The minimum atomic E-state index is -0.931. The molecule has 0 radical (unpaired) electrons. The Kier molecular flexibility index (Phi) is 9.78. The van der Waals surface area contributed by atoms with E-state index in [0.29, 0.717) is 11.3 Å². The highest BCUT2D eigenvalue weighted by atomic mass is 32.1. The third-order valence-electron chi connectivity index (χ3n) is 3.68. The summed E-state index contributed by atoms with van der Waals surface area (Å²) in [5.74, 6) is -1.82. The highest BCUT2D eigenvalue weighted by Gasteiger charge is 2.01. The predicted molar refractivity (Wildman–Crippen MR) is 124 cm³/mol. The number of benzene rings is 3. The van der Waals surface area contributed by atoms with Crippen molar-refractivity contribution in [1.82, 2.24) is 0 Å². The van der Waals surface area contributed by atoms with Gasteiger partial charge in [-0.1, -0.05) is 0 Å². The largest absolute Gasteiger partial charge is 0.478 e. The molecule has 7 nitrogen and oxygen atoms in total. The molecule has 0 bridgehead atoms. The molecule has 8 heteroatoms. The van der Waals surface area contributed by atoms with Crippen molar-refractivity contribution in [2.24, 2.45) is 0 Å². The summed E-state index contributed by atoms with van der Waals surface area (Å²) in [6, 6.07) is 20.2. The summed E-state index contributed by atoms with van der Waals surface area (Å²) in [5, 5.41) is 17.0. The van der Waals surface area contributed by atoms with E-state index in [-0.39, 0.29) is 5.56 Å². The van der Waals surface area contributed by atoms with Gasteiger partial charge in [0.05, 0.1) is 11.1 Å². The van der Waals surface area contributed by atoms with Crippen LogP contribution in [-0.4, -0.2) is 36.2 Å². The van der Waals surface area contributed by atoms with Crippen molar-refractivity contribution in [3.05, 3.63) is 83.9 Å².